The maximum absolute atomic E-state index is 4.54. The summed E-state index contributed by atoms with van der Waals surface area (Å²) in [6.45, 7) is 3.48. The topological polar surface area (TPSA) is 28.2 Å². The second kappa shape index (κ2) is 5.74. The van der Waals surface area contributed by atoms with Crippen molar-refractivity contribution in [3.8, 4) is 0 Å². The summed E-state index contributed by atoms with van der Waals surface area (Å²) in [6.07, 6.45) is 7.32. The number of hydrogen-bond donors (Lipinski definition) is 1. The number of benzene rings is 1. The van der Waals surface area contributed by atoms with Gasteiger partial charge in [0, 0.05) is 30.2 Å². The number of likely N-dealkylation sites (tertiary alicyclic amines) is 1. The predicted octanol–water partition coefficient (Wildman–Crippen LogP) is 2.95. The number of aromatic nitrogens is 1. The first-order valence-electron chi connectivity index (χ1n) is 8.20. The number of nitrogens with zero attached hydrogens (tertiary/aromatic N) is 2. The van der Waals surface area contributed by atoms with Crippen LogP contribution >= 0.6 is 0 Å². The Labute approximate surface area is 126 Å². The fraction of sp³-hybridized carbons (Fsp3) is 0.500. The molecule has 2 heterocycles. The summed E-state index contributed by atoms with van der Waals surface area (Å²) < 4.78 is 0. The lowest BCUT2D eigenvalue weighted by molar-refractivity contribution is 0.189. The van der Waals surface area contributed by atoms with Crippen molar-refractivity contribution in [1.29, 1.82) is 0 Å². The molecule has 21 heavy (non-hydrogen) atoms. The molecule has 4 rings (SSSR count). The number of pyridine rings is 1. The van der Waals surface area contributed by atoms with E-state index in [-0.39, 0.29) is 0 Å². The molecule has 1 aliphatic carbocycles. The molecule has 1 saturated heterocycles. The van der Waals surface area contributed by atoms with Crippen LogP contribution in [0.3, 0.4) is 0 Å². The van der Waals surface area contributed by atoms with Gasteiger partial charge in [-0.2, -0.15) is 0 Å². The van der Waals surface area contributed by atoms with Crippen molar-refractivity contribution in [3.05, 3.63) is 42.1 Å². The molecule has 0 bridgehead atoms. The van der Waals surface area contributed by atoms with Crippen LogP contribution in [-0.2, 0) is 6.54 Å². The van der Waals surface area contributed by atoms with Crippen molar-refractivity contribution in [1.82, 2.24) is 15.2 Å². The molecule has 0 amide bonds. The number of para-hydroxylation sites is 1. The van der Waals surface area contributed by atoms with Gasteiger partial charge in [0.2, 0.25) is 0 Å². The zero-order chi connectivity index (χ0) is 14.1. The fourth-order valence-electron chi connectivity index (χ4n) is 3.47. The number of nitrogens with one attached hydrogen (secondary N) is 1. The average Bonchev–Trinajstić information content (AvgIpc) is 3.38. The van der Waals surface area contributed by atoms with E-state index in [4.69, 9.17) is 0 Å². The molecule has 2 aromatic rings. The summed E-state index contributed by atoms with van der Waals surface area (Å²) in [5, 5.41) is 4.98. The molecular formula is C18H23N3. The lowest BCUT2D eigenvalue weighted by Crippen LogP contribution is -2.43. The van der Waals surface area contributed by atoms with Crippen LogP contribution in [0, 0.1) is 0 Å². The van der Waals surface area contributed by atoms with Gasteiger partial charge in [-0.25, -0.2) is 0 Å². The van der Waals surface area contributed by atoms with Crippen molar-refractivity contribution in [3.63, 3.8) is 0 Å². The third-order valence-electron chi connectivity index (χ3n) is 4.89. The molecule has 0 spiro atoms. The van der Waals surface area contributed by atoms with Gasteiger partial charge in [0.05, 0.1) is 5.52 Å². The van der Waals surface area contributed by atoms with Gasteiger partial charge < -0.3 is 10.2 Å². The molecule has 2 aliphatic rings. The quantitative estimate of drug-likeness (QED) is 0.934. The highest BCUT2D eigenvalue weighted by Crippen LogP contribution is 2.29. The van der Waals surface area contributed by atoms with Gasteiger partial charge in [0.1, 0.15) is 0 Å². The average molecular weight is 281 g/mol. The van der Waals surface area contributed by atoms with E-state index >= 15 is 0 Å². The predicted molar refractivity (Wildman–Crippen MR) is 86.2 cm³/mol. The molecule has 1 aromatic heterocycles. The Kier molecular flexibility index (Phi) is 3.62. The van der Waals surface area contributed by atoms with Crippen LogP contribution in [0.15, 0.2) is 36.5 Å². The highest BCUT2D eigenvalue weighted by molar-refractivity contribution is 5.81. The molecule has 0 atom stereocenters. The van der Waals surface area contributed by atoms with Crippen LogP contribution < -0.4 is 5.32 Å². The van der Waals surface area contributed by atoms with Crippen LogP contribution in [0.5, 0.6) is 0 Å². The summed E-state index contributed by atoms with van der Waals surface area (Å²) in [4.78, 5) is 7.22. The summed E-state index contributed by atoms with van der Waals surface area (Å²) >= 11 is 0. The molecule has 110 valence electrons. The summed E-state index contributed by atoms with van der Waals surface area (Å²) in [5.74, 6) is 0. The van der Waals surface area contributed by atoms with Crippen molar-refractivity contribution >= 4 is 10.9 Å². The second-order valence-electron chi connectivity index (χ2n) is 6.41. The van der Waals surface area contributed by atoms with E-state index in [1.807, 2.05) is 12.3 Å². The van der Waals surface area contributed by atoms with E-state index in [1.54, 1.807) is 0 Å². The first-order valence-corrected chi connectivity index (χ1v) is 8.20. The van der Waals surface area contributed by atoms with Gasteiger partial charge >= 0.3 is 0 Å². The molecule has 1 aliphatic heterocycles. The largest absolute Gasteiger partial charge is 0.310 e. The van der Waals surface area contributed by atoms with E-state index in [1.165, 1.54) is 49.7 Å². The van der Waals surface area contributed by atoms with Crippen molar-refractivity contribution in [2.75, 3.05) is 13.1 Å². The van der Waals surface area contributed by atoms with Gasteiger partial charge in [-0.15, -0.1) is 0 Å². The van der Waals surface area contributed by atoms with E-state index in [9.17, 15) is 0 Å². The zero-order valence-electron chi connectivity index (χ0n) is 12.5. The highest BCUT2D eigenvalue weighted by atomic mass is 15.2. The zero-order valence-corrected chi connectivity index (χ0v) is 12.5. The van der Waals surface area contributed by atoms with E-state index in [0.717, 1.165) is 18.1 Å². The Hall–Kier alpha value is -1.45. The molecular weight excluding hydrogens is 258 g/mol. The minimum Gasteiger partial charge on any atom is -0.310 e. The molecule has 1 N–H and O–H groups in total. The minimum atomic E-state index is 0.666. The van der Waals surface area contributed by atoms with Crippen molar-refractivity contribution < 1.29 is 0 Å². The molecule has 0 unspecified atom stereocenters. The van der Waals surface area contributed by atoms with E-state index in [0.29, 0.717) is 6.04 Å². The first-order chi connectivity index (χ1) is 10.4. The Morgan fingerprint density at radius 2 is 1.86 bits per heavy atom. The summed E-state index contributed by atoms with van der Waals surface area (Å²) in [5.41, 5.74) is 2.46. The molecule has 2 fully saturated rings. The van der Waals surface area contributed by atoms with E-state index in [2.05, 4.69) is 39.5 Å². The van der Waals surface area contributed by atoms with Crippen LogP contribution in [0.1, 0.15) is 31.2 Å². The van der Waals surface area contributed by atoms with Crippen molar-refractivity contribution in [2.45, 2.75) is 44.3 Å². The monoisotopic (exact) mass is 281 g/mol. The van der Waals surface area contributed by atoms with Crippen LogP contribution in [0.4, 0.5) is 0 Å². The minimum absolute atomic E-state index is 0.666. The third kappa shape index (κ3) is 2.94. The van der Waals surface area contributed by atoms with Crippen molar-refractivity contribution in [2.24, 2.45) is 0 Å². The van der Waals surface area contributed by atoms with Crippen LogP contribution in [-0.4, -0.2) is 35.1 Å². The number of rotatable bonds is 4. The smallest absolute Gasteiger partial charge is 0.0746 e. The maximum atomic E-state index is 4.54. The Morgan fingerprint density at radius 1 is 1.05 bits per heavy atom. The fourth-order valence-corrected chi connectivity index (χ4v) is 3.47. The SMILES string of the molecule is c1cnc2c(CNC3CCN(C4CC4)CC3)cccc2c1. The summed E-state index contributed by atoms with van der Waals surface area (Å²) in [7, 11) is 0. The second-order valence-corrected chi connectivity index (χ2v) is 6.41. The van der Waals surface area contributed by atoms with Gasteiger partial charge in [0.25, 0.3) is 0 Å². The van der Waals surface area contributed by atoms with Gasteiger partial charge in [0.15, 0.2) is 0 Å². The Bertz CT molecular complexity index is 607. The lowest BCUT2D eigenvalue weighted by atomic mass is 10.0. The number of fused-ring (bicyclic) bond motifs is 1. The molecule has 1 saturated carbocycles. The number of piperidine rings is 1. The summed E-state index contributed by atoms with van der Waals surface area (Å²) in [6, 6.07) is 12.2. The van der Waals surface area contributed by atoms with Crippen LogP contribution in [0.25, 0.3) is 10.9 Å². The lowest BCUT2D eigenvalue weighted by Gasteiger charge is -2.32. The molecule has 3 nitrogen and oxygen atoms in total. The van der Waals surface area contributed by atoms with Crippen LogP contribution in [0.2, 0.25) is 0 Å². The van der Waals surface area contributed by atoms with Gasteiger partial charge in [-0.1, -0.05) is 24.3 Å². The Morgan fingerprint density at radius 3 is 2.67 bits per heavy atom. The number of hydrogen-bond acceptors (Lipinski definition) is 3. The van der Waals surface area contributed by atoms with Gasteiger partial charge in [-0.3, -0.25) is 4.98 Å². The molecule has 3 heteroatoms. The first kappa shape index (κ1) is 13.2. The third-order valence-corrected chi connectivity index (χ3v) is 4.89. The maximum Gasteiger partial charge on any atom is 0.0746 e. The Balaban J connectivity index is 1.37. The molecule has 0 radical (unpaired) electrons. The van der Waals surface area contributed by atoms with E-state index < -0.39 is 0 Å². The molecule has 1 aromatic carbocycles. The normalized spacial score (nSPS) is 21.0. The highest BCUT2D eigenvalue weighted by Gasteiger charge is 2.31. The van der Waals surface area contributed by atoms with Gasteiger partial charge in [-0.05, 0) is 50.4 Å². The standard InChI is InChI=1S/C18H23N3/c1-3-14-5-2-10-19-18(14)15(4-1)13-20-16-8-11-21(12-9-16)17-6-7-17/h1-5,10,16-17,20H,6-9,11-13H2.